The van der Waals surface area contributed by atoms with E-state index in [2.05, 4.69) is 52.1 Å². The number of rotatable bonds is 4. The Balaban J connectivity index is 2.39. The average molecular weight is 224 g/mol. The Labute approximate surface area is 95.4 Å². The van der Waals surface area contributed by atoms with Crippen LogP contribution in [0.2, 0.25) is 19.1 Å². The van der Waals surface area contributed by atoms with Crippen molar-refractivity contribution in [2.45, 2.75) is 58.4 Å². The molecule has 0 aromatic carbocycles. The molecule has 0 aliphatic heterocycles. The van der Waals surface area contributed by atoms with Crippen LogP contribution in [0, 0.1) is 0 Å². The van der Waals surface area contributed by atoms with Crippen molar-refractivity contribution in [2.75, 3.05) is 0 Å². The van der Waals surface area contributed by atoms with E-state index in [0.29, 0.717) is 0 Å². The first-order valence-corrected chi connectivity index (χ1v) is 8.96. The standard InChI is InChI=1S/C13H24OSi/c1-13(2,3)14-15(4,5)11-10-12-8-6-7-9-12/h6,8-9H,7,10-11H2,1-5H3. The van der Waals surface area contributed by atoms with E-state index in [9.17, 15) is 0 Å². The van der Waals surface area contributed by atoms with E-state index >= 15 is 0 Å². The first-order chi connectivity index (χ1) is 6.79. The minimum absolute atomic E-state index is 0.00954. The van der Waals surface area contributed by atoms with Gasteiger partial charge in [-0.3, -0.25) is 0 Å². The smallest absolute Gasteiger partial charge is 0.187 e. The Hall–Kier alpha value is -0.343. The van der Waals surface area contributed by atoms with Crippen LogP contribution in [0.15, 0.2) is 23.8 Å². The molecule has 0 atom stereocenters. The summed E-state index contributed by atoms with van der Waals surface area (Å²) >= 11 is 0. The molecule has 0 radical (unpaired) electrons. The van der Waals surface area contributed by atoms with Crippen molar-refractivity contribution >= 4 is 8.32 Å². The van der Waals surface area contributed by atoms with Crippen LogP contribution < -0.4 is 0 Å². The Morgan fingerprint density at radius 3 is 2.47 bits per heavy atom. The van der Waals surface area contributed by atoms with Gasteiger partial charge in [-0.2, -0.15) is 0 Å². The van der Waals surface area contributed by atoms with E-state index in [1.807, 2.05) is 0 Å². The van der Waals surface area contributed by atoms with Gasteiger partial charge in [0.1, 0.15) is 0 Å². The molecular weight excluding hydrogens is 200 g/mol. The van der Waals surface area contributed by atoms with Gasteiger partial charge in [-0.15, -0.1) is 0 Å². The highest BCUT2D eigenvalue weighted by molar-refractivity contribution is 6.71. The second-order valence-corrected chi connectivity index (χ2v) is 10.1. The van der Waals surface area contributed by atoms with E-state index in [1.165, 1.54) is 18.0 Å². The minimum Gasteiger partial charge on any atom is -0.413 e. The van der Waals surface area contributed by atoms with Crippen LogP contribution in [0.1, 0.15) is 33.6 Å². The maximum atomic E-state index is 6.17. The predicted molar refractivity (Wildman–Crippen MR) is 69.6 cm³/mol. The van der Waals surface area contributed by atoms with Gasteiger partial charge in [-0.25, -0.2) is 0 Å². The van der Waals surface area contributed by atoms with E-state index in [0.717, 1.165) is 6.42 Å². The molecule has 0 heterocycles. The number of hydrogen-bond acceptors (Lipinski definition) is 1. The van der Waals surface area contributed by atoms with E-state index < -0.39 is 8.32 Å². The highest BCUT2D eigenvalue weighted by atomic mass is 28.4. The summed E-state index contributed by atoms with van der Waals surface area (Å²) in [5.41, 5.74) is 1.50. The second-order valence-electron chi connectivity index (χ2n) is 5.89. The molecule has 0 saturated heterocycles. The van der Waals surface area contributed by atoms with Crippen LogP contribution in [-0.2, 0) is 4.43 Å². The molecule has 0 amide bonds. The molecule has 1 aliphatic carbocycles. The maximum Gasteiger partial charge on any atom is 0.187 e. The van der Waals surface area contributed by atoms with Gasteiger partial charge in [-0.05, 0) is 52.8 Å². The highest BCUT2D eigenvalue weighted by Gasteiger charge is 2.28. The summed E-state index contributed by atoms with van der Waals surface area (Å²) in [6.07, 6.45) is 9.11. The van der Waals surface area contributed by atoms with Gasteiger partial charge in [0.15, 0.2) is 8.32 Å². The summed E-state index contributed by atoms with van der Waals surface area (Å²) in [6.45, 7) is 11.1. The summed E-state index contributed by atoms with van der Waals surface area (Å²) in [5, 5.41) is 0. The van der Waals surface area contributed by atoms with Crippen molar-refractivity contribution in [3.63, 3.8) is 0 Å². The molecule has 0 saturated carbocycles. The fourth-order valence-electron chi connectivity index (χ4n) is 2.02. The fraction of sp³-hybridized carbons (Fsp3) is 0.692. The normalized spacial score (nSPS) is 17.0. The number of allylic oxidation sites excluding steroid dienone is 4. The average Bonchev–Trinajstić information content (AvgIpc) is 2.47. The van der Waals surface area contributed by atoms with Crippen molar-refractivity contribution in [1.29, 1.82) is 0 Å². The third-order valence-corrected chi connectivity index (χ3v) is 5.07. The largest absolute Gasteiger partial charge is 0.413 e. The molecule has 86 valence electrons. The minimum atomic E-state index is -1.48. The number of hydrogen-bond donors (Lipinski definition) is 0. The van der Waals surface area contributed by atoms with E-state index in [-0.39, 0.29) is 5.60 Å². The molecule has 0 spiro atoms. The summed E-state index contributed by atoms with van der Waals surface area (Å²) in [5.74, 6) is 0. The van der Waals surface area contributed by atoms with Gasteiger partial charge in [-0.1, -0.05) is 23.8 Å². The summed E-state index contributed by atoms with van der Waals surface area (Å²) < 4.78 is 6.17. The van der Waals surface area contributed by atoms with Gasteiger partial charge in [0, 0.05) is 5.60 Å². The molecule has 0 aromatic rings. The molecule has 0 bridgehead atoms. The Morgan fingerprint density at radius 1 is 1.33 bits per heavy atom. The second kappa shape index (κ2) is 4.66. The molecule has 1 rings (SSSR count). The van der Waals surface area contributed by atoms with Crippen molar-refractivity contribution in [1.82, 2.24) is 0 Å². The van der Waals surface area contributed by atoms with Gasteiger partial charge in [0.2, 0.25) is 0 Å². The van der Waals surface area contributed by atoms with Gasteiger partial charge in [0.05, 0.1) is 0 Å². The maximum absolute atomic E-state index is 6.17. The zero-order valence-corrected chi connectivity index (χ0v) is 11.8. The summed E-state index contributed by atoms with van der Waals surface area (Å²) in [7, 11) is -1.48. The van der Waals surface area contributed by atoms with Crippen molar-refractivity contribution < 1.29 is 4.43 Å². The van der Waals surface area contributed by atoms with Crippen LogP contribution >= 0.6 is 0 Å². The summed E-state index contributed by atoms with van der Waals surface area (Å²) in [6, 6.07) is 1.22. The van der Waals surface area contributed by atoms with Crippen LogP contribution in [0.4, 0.5) is 0 Å². The topological polar surface area (TPSA) is 9.23 Å². The molecule has 2 heteroatoms. The van der Waals surface area contributed by atoms with Crippen LogP contribution in [0.25, 0.3) is 0 Å². The molecule has 0 unspecified atom stereocenters. The van der Waals surface area contributed by atoms with Crippen LogP contribution in [0.3, 0.4) is 0 Å². The lowest BCUT2D eigenvalue weighted by atomic mass is 10.2. The molecular formula is C13H24OSi. The van der Waals surface area contributed by atoms with Gasteiger partial charge >= 0.3 is 0 Å². The third-order valence-electron chi connectivity index (χ3n) is 2.45. The lowest BCUT2D eigenvalue weighted by molar-refractivity contribution is 0.120. The fourth-order valence-corrected chi connectivity index (χ4v) is 4.67. The monoisotopic (exact) mass is 224 g/mol. The summed E-state index contributed by atoms with van der Waals surface area (Å²) in [4.78, 5) is 0. The molecule has 1 aliphatic rings. The molecule has 1 nitrogen and oxygen atoms in total. The predicted octanol–water partition coefficient (Wildman–Crippen LogP) is 4.28. The first kappa shape index (κ1) is 12.7. The quantitative estimate of drug-likeness (QED) is 0.648. The Morgan fingerprint density at radius 2 is 2.00 bits per heavy atom. The zero-order valence-electron chi connectivity index (χ0n) is 10.8. The highest BCUT2D eigenvalue weighted by Crippen LogP contribution is 2.25. The van der Waals surface area contributed by atoms with Crippen LogP contribution in [0.5, 0.6) is 0 Å². The van der Waals surface area contributed by atoms with Crippen LogP contribution in [-0.4, -0.2) is 13.9 Å². The molecule has 0 N–H and O–H groups in total. The van der Waals surface area contributed by atoms with E-state index in [4.69, 9.17) is 4.43 Å². The van der Waals surface area contributed by atoms with Crippen molar-refractivity contribution in [3.8, 4) is 0 Å². The Kier molecular flexibility index (Phi) is 3.96. The molecule has 15 heavy (non-hydrogen) atoms. The van der Waals surface area contributed by atoms with Crippen molar-refractivity contribution in [3.05, 3.63) is 23.8 Å². The van der Waals surface area contributed by atoms with Gasteiger partial charge in [0.25, 0.3) is 0 Å². The molecule has 0 fully saturated rings. The first-order valence-electron chi connectivity index (χ1n) is 5.84. The van der Waals surface area contributed by atoms with Gasteiger partial charge < -0.3 is 4.43 Å². The third kappa shape index (κ3) is 5.33. The Bertz CT molecular complexity index is 269. The lowest BCUT2D eigenvalue weighted by Crippen LogP contribution is -2.38. The lowest BCUT2D eigenvalue weighted by Gasteiger charge is -2.32. The molecule has 0 aromatic heterocycles. The van der Waals surface area contributed by atoms with E-state index in [1.54, 1.807) is 0 Å². The zero-order chi connectivity index (χ0) is 11.5. The van der Waals surface area contributed by atoms with Crippen molar-refractivity contribution in [2.24, 2.45) is 0 Å². The SMILES string of the molecule is CC(C)(C)O[Si](C)(C)CCC1=CCC=C1.